The van der Waals surface area contributed by atoms with E-state index in [9.17, 15) is 9.59 Å². The Labute approximate surface area is 179 Å². The lowest BCUT2D eigenvalue weighted by Crippen LogP contribution is -2.44. The van der Waals surface area contributed by atoms with E-state index in [2.05, 4.69) is 0 Å². The highest BCUT2D eigenvalue weighted by Crippen LogP contribution is 2.42. The Balaban J connectivity index is 1.88. The molecule has 4 N–H and O–H groups in total. The second-order valence-electron chi connectivity index (χ2n) is 7.02. The van der Waals surface area contributed by atoms with Crippen LogP contribution in [0.3, 0.4) is 0 Å². The number of ether oxygens (including phenoxy) is 1. The third kappa shape index (κ3) is 3.57. The van der Waals surface area contributed by atoms with Crippen LogP contribution < -0.4 is 16.2 Å². The zero-order valence-electron chi connectivity index (χ0n) is 16.0. The number of carbonyl (C=O) groups is 2. The monoisotopic (exact) mass is 421 g/mol. The predicted octanol–water partition coefficient (Wildman–Crippen LogP) is 3.72. The Kier molecular flexibility index (Phi) is 5.33. The molecule has 0 radical (unpaired) electrons. The van der Waals surface area contributed by atoms with Gasteiger partial charge in [0.15, 0.2) is 0 Å². The lowest BCUT2D eigenvalue weighted by Gasteiger charge is -2.35. The molecule has 0 saturated heterocycles. The van der Waals surface area contributed by atoms with Crippen LogP contribution in [0.25, 0.3) is 0 Å². The molecule has 1 heterocycles. The molecule has 0 spiro atoms. The normalized spacial score (nSPS) is 15.7. The zero-order valence-corrected chi connectivity index (χ0v) is 16.8. The van der Waals surface area contributed by atoms with E-state index >= 15 is 0 Å². The summed E-state index contributed by atoms with van der Waals surface area (Å²) in [5.74, 6) is -0.457. The van der Waals surface area contributed by atoms with Gasteiger partial charge in [-0.1, -0.05) is 54.1 Å². The molecule has 7 heteroatoms. The minimum absolute atomic E-state index is 0.171. The van der Waals surface area contributed by atoms with Crippen molar-refractivity contribution in [2.24, 2.45) is 5.73 Å². The SMILES string of the molecule is NC(=O)C(c1ccccc1)N(C(=O)c1ccccc1N)[C@@H]1COc2ccc(Cl)cc21. The van der Waals surface area contributed by atoms with Crippen LogP contribution >= 0.6 is 11.6 Å². The Hall–Kier alpha value is -3.51. The Morgan fingerprint density at radius 1 is 1.03 bits per heavy atom. The van der Waals surface area contributed by atoms with E-state index in [1.165, 1.54) is 4.90 Å². The van der Waals surface area contributed by atoms with Crippen LogP contribution in [-0.4, -0.2) is 23.3 Å². The second-order valence-corrected chi connectivity index (χ2v) is 7.46. The van der Waals surface area contributed by atoms with Crippen LogP contribution in [0.5, 0.6) is 5.75 Å². The Morgan fingerprint density at radius 3 is 2.43 bits per heavy atom. The number of para-hydroxylation sites is 1. The maximum Gasteiger partial charge on any atom is 0.257 e. The van der Waals surface area contributed by atoms with Crippen LogP contribution in [0.2, 0.25) is 5.02 Å². The highest BCUT2D eigenvalue weighted by molar-refractivity contribution is 6.30. The summed E-state index contributed by atoms with van der Waals surface area (Å²) in [6.07, 6.45) is 0. The Bertz CT molecular complexity index is 1100. The fraction of sp³-hybridized carbons (Fsp3) is 0.130. The molecule has 1 aliphatic rings. The molecule has 0 aliphatic carbocycles. The van der Waals surface area contributed by atoms with Gasteiger partial charge in [-0.05, 0) is 35.9 Å². The van der Waals surface area contributed by atoms with E-state index < -0.39 is 23.9 Å². The van der Waals surface area contributed by atoms with Gasteiger partial charge in [0.05, 0.1) is 11.6 Å². The fourth-order valence-corrected chi connectivity index (χ4v) is 3.95. The van der Waals surface area contributed by atoms with Crippen LogP contribution in [0, 0.1) is 0 Å². The number of rotatable bonds is 5. The van der Waals surface area contributed by atoms with Crippen molar-refractivity contribution in [2.75, 3.05) is 12.3 Å². The number of halogens is 1. The second kappa shape index (κ2) is 8.08. The lowest BCUT2D eigenvalue weighted by atomic mass is 9.97. The van der Waals surface area contributed by atoms with Gasteiger partial charge in [0.25, 0.3) is 5.91 Å². The molecule has 3 aromatic carbocycles. The van der Waals surface area contributed by atoms with Crippen LogP contribution in [0.4, 0.5) is 5.69 Å². The molecule has 0 aromatic heterocycles. The average Bonchev–Trinajstić information content (AvgIpc) is 3.14. The van der Waals surface area contributed by atoms with Crippen molar-refractivity contribution >= 4 is 29.1 Å². The van der Waals surface area contributed by atoms with Gasteiger partial charge >= 0.3 is 0 Å². The van der Waals surface area contributed by atoms with Gasteiger partial charge < -0.3 is 21.1 Å². The molecule has 0 bridgehead atoms. The van der Waals surface area contributed by atoms with Gasteiger partial charge in [0.1, 0.15) is 18.4 Å². The minimum atomic E-state index is -1.02. The molecule has 1 aliphatic heterocycles. The van der Waals surface area contributed by atoms with Crippen molar-refractivity contribution in [3.05, 3.63) is 94.5 Å². The summed E-state index contributed by atoms with van der Waals surface area (Å²) >= 11 is 6.20. The summed E-state index contributed by atoms with van der Waals surface area (Å²) in [6, 6.07) is 19.3. The van der Waals surface area contributed by atoms with Crippen molar-refractivity contribution < 1.29 is 14.3 Å². The topological polar surface area (TPSA) is 98.7 Å². The fourth-order valence-electron chi connectivity index (χ4n) is 3.77. The van der Waals surface area contributed by atoms with E-state index in [4.69, 9.17) is 27.8 Å². The summed E-state index contributed by atoms with van der Waals surface area (Å²) in [4.78, 5) is 27.8. The number of hydrogen-bond donors (Lipinski definition) is 2. The van der Waals surface area contributed by atoms with Crippen molar-refractivity contribution in [3.63, 3.8) is 0 Å². The van der Waals surface area contributed by atoms with E-state index in [1.807, 2.05) is 6.07 Å². The van der Waals surface area contributed by atoms with E-state index in [1.54, 1.807) is 66.7 Å². The van der Waals surface area contributed by atoms with Gasteiger partial charge in [-0.3, -0.25) is 9.59 Å². The lowest BCUT2D eigenvalue weighted by molar-refractivity contribution is -0.123. The van der Waals surface area contributed by atoms with Crippen molar-refractivity contribution in [3.8, 4) is 5.75 Å². The van der Waals surface area contributed by atoms with Crippen molar-refractivity contribution in [2.45, 2.75) is 12.1 Å². The van der Waals surface area contributed by atoms with Gasteiger partial charge in [-0.2, -0.15) is 0 Å². The molecule has 6 nitrogen and oxygen atoms in total. The summed E-state index contributed by atoms with van der Waals surface area (Å²) in [7, 11) is 0. The van der Waals surface area contributed by atoms with Gasteiger partial charge in [0.2, 0.25) is 5.91 Å². The first-order chi connectivity index (χ1) is 14.5. The number of nitrogen functional groups attached to an aromatic ring is 1. The average molecular weight is 422 g/mol. The van der Waals surface area contributed by atoms with E-state index in [0.29, 0.717) is 27.6 Å². The number of nitrogens with two attached hydrogens (primary N) is 2. The molecular weight excluding hydrogens is 402 g/mol. The number of anilines is 1. The molecule has 0 saturated carbocycles. The van der Waals surface area contributed by atoms with E-state index in [-0.39, 0.29) is 12.2 Å². The summed E-state index contributed by atoms with van der Waals surface area (Å²) in [6.45, 7) is 0.171. The number of fused-ring (bicyclic) bond motifs is 1. The molecule has 3 aromatic rings. The number of carbonyl (C=O) groups excluding carboxylic acids is 2. The van der Waals surface area contributed by atoms with Crippen molar-refractivity contribution in [1.82, 2.24) is 4.90 Å². The maximum absolute atomic E-state index is 13.7. The standard InChI is InChI=1S/C23H20ClN3O3/c24-15-10-11-20-17(12-15)19(13-30-20)27(23(29)16-8-4-5-9-18(16)25)21(22(26)28)14-6-2-1-3-7-14/h1-12,19,21H,13,25H2,(H2,26,28)/t19-,21?/m1/s1. The van der Waals surface area contributed by atoms with Crippen LogP contribution in [0.1, 0.15) is 33.6 Å². The third-order valence-corrected chi connectivity index (χ3v) is 5.39. The number of benzene rings is 3. The number of hydrogen-bond acceptors (Lipinski definition) is 4. The number of nitrogens with zero attached hydrogens (tertiary/aromatic N) is 1. The highest BCUT2D eigenvalue weighted by Gasteiger charge is 2.41. The summed E-state index contributed by atoms with van der Waals surface area (Å²) in [5, 5.41) is 0.506. The third-order valence-electron chi connectivity index (χ3n) is 5.15. The molecule has 1 unspecified atom stereocenters. The first-order valence-electron chi connectivity index (χ1n) is 9.41. The molecule has 2 amide bonds. The predicted molar refractivity (Wildman–Crippen MR) is 115 cm³/mol. The minimum Gasteiger partial charge on any atom is -0.491 e. The molecular formula is C23H20ClN3O3. The van der Waals surface area contributed by atoms with E-state index in [0.717, 1.165) is 0 Å². The van der Waals surface area contributed by atoms with Crippen molar-refractivity contribution in [1.29, 1.82) is 0 Å². The summed E-state index contributed by atoms with van der Waals surface area (Å²) < 4.78 is 5.79. The molecule has 152 valence electrons. The molecule has 4 rings (SSSR count). The molecule has 2 atom stereocenters. The number of amides is 2. The summed E-state index contributed by atoms with van der Waals surface area (Å²) in [5.41, 5.74) is 13.8. The molecule has 0 fully saturated rings. The van der Waals surface area contributed by atoms with Crippen LogP contribution in [-0.2, 0) is 4.79 Å². The van der Waals surface area contributed by atoms with Gasteiger partial charge in [-0.25, -0.2) is 0 Å². The number of primary amides is 1. The first kappa shape index (κ1) is 19.8. The van der Waals surface area contributed by atoms with Crippen LogP contribution in [0.15, 0.2) is 72.8 Å². The highest BCUT2D eigenvalue weighted by atomic mass is 35.5. The quantitative estimate of drug-likeness (QED) is 0.613. The maximum atomic E-state index is 13.7. The van der Waals surface area contributed by atoms with Gasteiger partial charge in [0, 0.05) is 16.3 Å². The smallest absolute Gasteiger partial charge is 0.257 e. The zero-order chi connectivity index (χ0) is 21.3. The first-order valence-corrected chi connectivity index (χ1v) is 9.79. The van der Waals surface area contributed by atoms with Gasteiger partial charge in [-0.15, -0.1) is 0 Å². The largest absolute Gasteiger partial charge is 0.491 e. The Morgan fingerprint density at radius 2 is 1.73 bits per heavy atom. The molecule has 30 heavy (non-hydrogen) atoms.